The van der Waals surface area contributed by atoms with Crippen molar-refractivity contribution in [3.05, 3.63) is 56.0 Å². The van der Waals surface area contributed by atoms with Crippen molar-refractivity contribution in [2.45, 2.75) is 33.4 Å². The smallest absolute Gasteiger partial charge is 0.273 e. The molecule has 158 valence electrons. The Bertz CT molecular complexity index is 1170. The monoisotopic (exact) mass is 427 g/mol. The average molecular weight is 428 g/mol. The van der Waals surface area contributed by atoms with E-state index in [0.29, 0.717) is 22.4 Å². The topological polar surface area (TPSA) is 100 Å². The summed E-state index contributed by atoms with van der Waals surface area (Å²) in [6.07, 6.45) is 1.26. The van der Waals surface area contributed by atoms with Gasteiger partial charge in [-0.2, -0.15) is 0 Å². The molecule has 0 radical (unpaired) electrons. The summed E-state index contributed by atoms with van der Waals surface area (Å²) in [6, 6.07) is 6.55. The maximum atomic E-state index is 12.5. The van der Waals surface area contributed by atoms with Crippen LogP contribution in [0.3, 0.4) is 0 Å². The third-order valence-electron chi connectivity index (χ3n) is 5.31. The van der Waals surface area contributed by atoms with Crippen molar-refractivity contribution in [2.24, 2.45) is 11.8 Å². The summed E-state index contributed by atoms with van der Waals surface area (Å²) >= 11 is 1.36. The minimum Gasteiger partial charge on any atom is -0.300 e. The molecular weight excluding hydrogens is 402 g/mol. The van der Waals surface area contributed by atoms with Crippen LogP contribution in [0.5, 0.6) is 0 Å². The molecule has 0 spiro atoms. The molecule has 1 fully saturated rings. The number of thiazole rings is 1. The molecule has 30 heavy (non-hydrogen) atoms. The van der Waals surface area contributed by atoms with E-state index in [0.717, 1.165) is 30.0 Å². The van der Waals surface area contributed by atoms with Gasteiger partial charge in [0.05, 0.1) is 16.5 Å². The molecule has 1 amide bonds. The van der Waals surface area contributed by atoms with Gasteiger partial charge in [-0.05, 0) is 30.4 Å². The molecular formula is C21H25N5O3S. The van der Waals surface area contributed by atoms with Crippen LogP contribution in [0.15, 0.2) is 39.2 Å². The van der Waals surface area contributed by atoms with E-state index in [1.165, 1.54) is 17.8 Å². The molecule has 2 atom stereocenters. The number of carbonyl (C=O) groups is 1. The number of fused-ring (bicyclic) bond motifs is 1. The van der Waals surface area contributed by atoms with Gasteiger partial charge in [-0.1, -0.05) is 26.0 Å². The van der Waals surface area contributed by atoms with E-state index in [4.69, 9.17) is 0 Å². The summed E-state index contributed by atoms with van der Waals surface area (Å²) < 4.78 is 1.03. The predicted octanol–water partition coefficient (Wildman–Crippen LogP) is 2.26. The van der Waals surface area contributed by atoms with Gasteiger partial charge in [0, 0.05) is 25.0 Å². The summed E-state index contributed by atoms with van der Waals surface area (Å²) in [5, 5.41) is 8.23. The Labute approximate surface area is 177 Å². The van der Waals surface area contributed by atoms with Gasteiger partial charge in [-0.15, -0.1) is 11.3 Å². The molecule has 2 N–H and O–H groups in total. The molecule has 1 aromatic carbocycles. The number of benzene rings is 1. The first-order valence-electron chi connectivity index (χ1n) is 10.1. The van der Waals surface area contributed by atoms with Crippen LogP contribution in [0.2, 0.25) is 0 Å². The molecule has 2 aromatic heterocycles. The van der Waals surface area contributed by atoms with E-state index in [9.17, 15) is 14.4 Å². The second kappa shape index (κ2) is 8.53. The van der Waals surface area contributed by atoms with Crippen molar-refractivity contribution >= 4 is 33.1 Å². The molecule has 1 aliphatic rings. The van der Waals surface area contributed by atoms with E-state index in [1.54, 1.807) is 24.3 Å². The number of likely N-dealkylation sites (tertiary alicyclic amines) is 1. The number of nitrogens with one attached hydrogen (secondary N) is 2. The number of aromatic amines is 1. The van der Waals surface area contributed by atoms with Crippen molar-refractivity contribution < 1.29 is 4.79 Å². The van der Waals surface area contributed by atoms with Crippen LogP contribution < -0.4 is 16.4 Å². The maximum Gasteiger partial charge on any atom is 0.273 e. The number of hydrogen-bond donors (Lipinski definition) is 2. The zero-order valence-electron chi connectivity index (χ0n) is 17.1. The van der Waals surface area contributed by atoms with E-state index >= 15 is 0 Å². The lowest BCUT2D eigenvalue weighted by Crippen LogP contribution is -2.38. The number of hydrogen-bond acceptors (Lipinski definition) is 6. The number of aromatic nitrogens is 3. The summed E-state index contributed by atoms with van der Waals surface area (Å²) in [6.45, 7) is 7.14. The Kier molecular flexibility index (Phi) is 5.83. The molecule has 1 saturated heterocycles. The minimum absolute atomic E-state index is 0.283. The number of piperidine rings is 1. The van der Waals surface area contributed by atoms with Crippen molar-refractivity contribution in [2.75, 3.05) is 18.4 Å². The second-order valence-corrected chi connectivity index (χ2v) is 9.07. The Morgan fingerprint density at radius 1 is 1.20 bits per heavy atom. The quantitative estimate of drug-likeness (QED) is 0.651. The number of H-pyrrole nitrogens is 1. The summed E-state index contributed by atoms with van der Waals surface area (Å²) in [4.78, 5) is 44.1. The van der Waals surface area contributed by atoms with Crippen molar-refractivity contribution in [1.82, 2.24) is 19.7 Å². The number of amides is 1. The maximum absolute atomic E-state index is 12.5. The minimum atomic E-state index is -0.413. The van der Waals surface area contributed by atoms with Crippen molar-refractivity contribution in [3.8, 4) is 0 Å². The number of anilines is 1. The Morgan fingerprint density at radius 2 is 1.90 bits per heavy atom. The van der Waals surface area contributed by atoms with Crippen molar-refractivity contribution in [1.29, 1.82) is 0 Å². The lowest BCUT2D eigenvalue weighted by Gasteiger charge is -2.34. The predicted molar refractivity (Wildman–Crippen MR) is 118 cm³/mol. The van der Waals surface area contributed by atoms with Gasteiger partial charge in [-0.3, -0.25) is 24.4 Å². The van der Waals surface area contributed by atoms with Crippen LogP contribution >= 0.6 is 11.3 Å². The fourth-order valence-electron chi connectivity index (χ4n) is 4.25. The zero-order valence-corrected chi connectivity index (χ0v) is 17.9. The molecule has 0 bridgehead atoms. The lowest BCUT2D eigenvalue weighted by molar-refractivity contribution is -0.117. The van der Waals surface area contributed by atoms with Gasteiger partial charge in [0.1, 0.15) is 6.54 Å². The number of rotatable bonds is 5. The highest BCUT2D eigenvalue weighted by Gasteiger charge is 2.22. The van der Waals surface area contributed by atoms with Gasteiger partial charge in [0.25, 0.3) is 11.1 Å². The summed E-state index contributed by atoms with van der Waals surface area (Å²) in [5.41, 5.74) is 0.112. The largest absolute Gasteiger partial charge is 0.300 e. The normalized spacial score (nSPS) is 19.8. The fraction of sp³-hybridized carbons (Fsp3) is 0.429. The first-order chi connectivity index (χ1) is 14.4. The Balaban J connectivity index is 1.42. The SMILES string of the molecule is CC1CC(C)CN(Cc2csc(NC(=O)Cn3[nH]c(=O)c4ccccc4c3=O)n2)C1. The van der Waals surface area contributed by atoms with Crippen LogP contribution in [0.1, 0.15) is 26.0 Å². The molecule has 3 aromatic rings. The first kappa shape index (κ1) is 20.5. The van der Waals surface area contributed by atoms with Crippen LogP contribution in [-0.2, 0) is 17.9 Å². The summed E-state index contributed by atoms with van der Waals surface area (Å²) in [7, 11) is 0. The average Bonchev–Trinajstić information content (AvgIpc) is 3.11. The zero-order chi connectivity index (χ0) is 21.3. The lowest BCUT2D eigenvalue weighted by atomic mass is 9.92. The van der Waals surface area contributed by atoms with E-state index in [2.05, 4.69) is 34.1 Å². The van der Waals surface area contributed by atoms with Crippen molar-refractivity contribution in [3.63, 3.8) is 0 Å². The summed E-state index contributed by atoms with van der Waals surface area (Å²) in [5.74, 6) is 0.937. The molecule has 8 nitrogen and oxygen atoms in total. The third kappa shape index (κ3) is 4.52. The fourth-order valence-corrected chi connectivity index (χ4v) is 4.97. The molecule has 1 aliphatic heterocycles. The standard InChI is InChI=1S/C21H25N5O3S/c1-13-7-14(2)9-25(8-13)10-15-12-30-21(22-15)23-18(27)11-26-20(29)17-6-4-3-5-16(17)19(28)24-26/h3-6,12-14H,7-11H2,1-2H3,(H,24,28)(H,22,23,27). The highest BCUT2D eigenvalue weighted by molar-refractivity contribution is 7.13. The highest BCUT2D eigenvalue weighted by Crippen LogP contribution is 2.24. The first-order valence-corrected chi connectivity index (χ1v) is 11.0. The molecule has 9 heteroatoms. The molecule has 2 unspecified atom stereocenters. The van der Waals surface area contributed by atoms with E-state index < -0.39 is 17.0 Å². The van der Waals surface area contributed by atoms with E-state index in [1.807, 2.05) is 5.38 Å². The van der Waals surface area contributed by atoms with Gasteiger partial charge in [0.2, 0.25) is 5.91 Å². The molecule has 0 aliphatic carbocycles. The Hall–Kier alpha value is -2.78. The number of carbonyl (C=O) groups excluding carboxylic acids is 1. The van der Waals surface area contributed by atoms with E-state index in [-0.39, 0.29) is 11.9 Å². The molecule has 4 rings (SSSR count). The Morgan fingerprint density at radius 3 is 2.63 bits per heavy atom. The van der Waals surface area contributed by atoms with Gasteiger partial charge in [-0.25, -0.2) is 9.67 Å². The van der Waals surface area contributed by atoms with Crippen LogP contribution in [0, 0.1) is 11.8 Å². The van der Waals surface area contributed by atoms with Crippen LogP contribution in [-0.4, -0.2) is 38.7 Å². The third-order valence-corrected chi connectivity index (χ3v) is 6.12. The van der Waals surface area contributed by atoms with Gasteiger partial charge >= 0.3 is 0 Å². The molecule has 3 heterocycles. The van der Waals surface area contributed by atoms with Gasteiger partial charge < -0.3 is 5.32 Å². The van der Waals surface area contributed by atoms with Crippen LogP contribution in [0.25, 0.3) is 10.8 Å². The van der Waals surface area contributed by atoms with Crippen LogP contribution in [0.4, 0.5) is 5.13 Å². The molecule has 0 saturated carbocycles. The number of nitrogens with zero attached hydrogens (tertiary/aromatic N) is 3. The van der Waals surface area contributed by atoms with Gasteiger partial charge in [0.15, 0.2) is 5.13 Å². The highest BCUT2D eigenvalue weighted by atomic mass is 32.1. The second-order valence-electron chi connectivity index (χ2n) is 8.21.